The van der Waals surface area contributed by atoms with Gasteiger partial charge in [-0.25, -0.2) is 9.97 Å². The molecule has 1 amide bonds. The second-order valence-corrected chi connectivity index (χ2v) is 7.33. The molecule has 1 N–H and O–H groups in total. The van der Waals surface area contributed by atoms with Crippen molar-refractivity contribution in [1.29, 1.82) is 0 Å². The third kappa shape index (κ3) is 3.61. The Hall–Kier alpha value is -3.20. The van der Waals surface area contributed by atoms with Gasteiger partial charge in [-0.05, 0) is 20.0 Å². The Bertz CT molecular complexity index is 1110. The zero-order valence-corrected chi connectivity index (χ0v) is 16.8. The molecule has 1 saturated heterocycles. The number of likely N-dealkylation sites (N-methyl/N-ethyl adjacent to an activating group) is 1. The van der Waals surface area contributed by atoms with Crippen LogP contribution in [0.25, 0.3) is 11.1 Å². The number of pyridine rings is 1. The first-order chi connectivity index (χ1) is 14.0. The van der Waals surface area contributed by atoms with Crippen molar-refractivity contribution in [3.8, 4) is 0 Å². The predicted octanol–water partition coefficient (Wildman–Crippen LogP) is 0.912. The van der Waals surface area contributed by atoms with Crippen LogP contribution in [-0.4, -0.2) is 58.6 Å². The number of anilines is 1. The Morgan fingerprint density at radius 1 is 1.21 bits per heavy atom. The van der Waals surface area contributed by atoms with E-state index in [-0.39, 0.29) is 28.1 Å². The molecular weight excluding hydrogens is 372 g/mol. The fourth-order valence-electron chi connectivity index (χ4n) is 3.60. The lowest BCUT2D eigenvalue weighted by Crippen LogP contribution is -2.45. The normalized spacial score (nSPS) is 15.1. The minimum Gasteiger partial charge on any atom is -0.442 e. The molecule has 1 fully saturated rings. The number of aryl methyl sites for hydroxylation is 2. The molecule has 0 spiro atoms. The van der Waals surface area contributed by atoms with Crippen molar-refractivity contribution < 1.29 is 9.21 Å². The maximum atomic E-state index is 12.9. The van der Waals surface area contributed by atoms with Gasteiger partial charge in [-0.3, -0.25) is 9.59 Å². The number of furan rings is 1. The summed E-state index contributed by atoms with van der Waals surface area (Å²) >= 11 is 0. The van der Waals surface area contributed by atoms with Crippen molar-refractivity contribution in [3.05, 3.63) is 51.9 Å². The van der Waals surface area contributed by atoms with Crippen LogP contribution in [0.4, 0.5) is 5.82 Å². The number of carbonyl (C=O) groups excluding carboxylic acids is 1. The summed E-state index contributed by atoms with van der Waals surface area (Å²) in [5.41, 5.74) is 1.03. The Morgan fingerprint density at radius 2 is 1.97 bits per heavy atom. The first kappa shape index (κ1) is 19.1. The van der Waals surface area contributed by atoms with E-state index in [4.69, 9.17) is 4.42 Å². The Labute approximate surface area is 168 Å². The lowest BCUT2D eigenvalue weighted by atomic mass is 10.1. The molecule has 0 radical (unpaired) electrons. The minimum atomic E-state index is -0.362. The minimum absolute atomic E-state index is 0.176. The van der Waals surface area contributed by atoms with Crippen molar-refractivity contribution in [3.63, 3.8) is 0 Å². The monoisotopic (exact) mass is 396 g/mol. The largest absolute Gasteiger partial charge is 0.442 e. The SMILES string of the molecule is Cc1oc2ncn(C)c(=O)c2c1C(=O)NCc1cccnc1N1CCN(C)CC1. The van der Waals surface area contributed by atoms with E-state index < -0.39 is 0 Å². The van der Waals surface area contributed by atoms with E-state index in [0.29, 0.717) is 12.3 Å². The zero-order chi connectivity index (χ0) is 20.5. The third-order valence-corrected chi connectivity index (χ3v) is 5.28. The number of fused-ring (bicyclic) bond motifs is 1. The van der Waals surface area contributed by atoms with Gasteiger partial charge in [-0.2, -0.15) is 0 Å². The highest BCUT2D eigenvalue weighted by Crippen LogP contribution is 2.22. The molecule has 3 aromatic rings. The van der Waals surface area contributed by atoms with Crippen LogP contribution < -0.4 is 15.8 Å². The van der Waals surface area contributed by atoms with Crippen molar-refractivity contribution in [2.24, 2.45) is 7.05 Å². The maximum absolute atomic E-state index is 12.9. The van der Waals surface area contributed by atoms with Gasteiger partial charge in [0.2, 0.25) is 5.71 Å². The molecule has 4 rings (SSSR count). The highest BCUT2D eigenvalue weighted by atomic mass is 16.3. The summed E-state index contributed by atoms with van der Waals surface area (Å²) in [5.74, 6) is 0.894. The standard InChI is InChI=1S/C20H24N6O3/c1-13-15(16-19(29-13)23-12-25(3)20(16)28)18(27)22-11-14-5-4-6-21-17(14)26-9-7-24(2)8-10-26/h4-6,12H,7-11H2,1-3H3,(H,22,27). The quantitative estimate of drug-likeness (QED) is 0.700. The van der Waals surface area contributed by atoms with Crippen molar-refractivity contribution in [2.45, 2.75) is 13.5 Å². The molecule has 0 unspecified atom stereocenters. The van der Waals surface area contributed by atoms with Crippen LogP contribution in [0.15, 0.2) is 33.9 Å². The summed E-state index contributed by atoms with van der Waals surface area (Å²) in [7, 11) is 3.70. The first-order valence-corrected chi connectivity index (χ1v) is 9.56. The molecule has 0 aliphatic carbocycles. The number of aromatic nitrogens is 3. The van der Waals surface area contributed by atoms with Gasteiger partial charge < -0.3 is 24.1 Å². The van der Waals surface area contributed by atoms with Gasteiger partial charge in [0.1, 0.15) is 23.3 Å². The highest BCUT2D eigenvalue weighted by Gasteiger charge is 2.23. The average molecular weight is 396 g/mol. The maximum Gasteiger partial charge on any atom is 0.265 e. The van der Waals surface area contributed by atoms with Crippen LogP contribution in [0.1, 0.15) is 21.7 Å². The van der Waals surface area contributed by atoms with Gasteiger partial charge in [0.15, 0.2) is 0 Å². The third-order valence-electron chi connectivity index (χ3n) is 5.28. The summed E-state index contributed by atoms with van der Waals surface area (Å²) in [6, 6.07) is 3.82. The van der Waals surface area contributed by atoms with Gasteiger partial charge in [-0.1, -0.05) is 6.07 Å². The lowest BCUT2D eigenvalue weighted by Gasteiger charge is -2.34. The molecule has 1 aliphatic rings. The van der Waals surface area contributed by atoms with E-state index in [9.17, 15) is 9.59 Å². The van der Waals surface area contributed by atoms with Gasteiger partial charge in [0.25, 0.3) is 11.5 Å². The van der Waals surface area contributed by atoms with Gasteiger partial charge >= 0.3 is 0 Å². The molecule has 4 heterocycles. The summed E-state index contributed by atoms with van der Waals surface area (Å²) in [6.45, 7) is 5.69. The van der Waals surface area contributed by atoms with Crippen molar-refractivity contribution in [2.75, 3.05) is 38.1 Å². The number of rotatable bonds is 4. The summed E-state index contributed by atoms with van der Waals surface area (Å²) in [5, 5.41) is 3.12. The molecule has 9 heteroatoms. The van der Waals surface area contributed by atoms with Crippen LogP contribution in [0.3, 0.4) is 0 Å². The van der Waals surface area contributed by atoms with Crippen LogP contribution in [-0.2, 0) is 13.6 Å². The van der Waals surface area contributed by atoms with E-state index in [1.807, 2.05) is 12.1 Å². The topological polar surface area (TPSA) is 96.5 Å². The number of carbonyl (C=O) groups is 1. The average Bonchev–Trinajstić information content (AvgIpc) is 3.06. The smallest absolute Gasteiger partial charge is 0.265 e. The van der Waals surface area contributed by atoms with Gasteiger partial charge in [0.05, 0.1) is 5.56 Å². The number of amides is 1. The highest BCUT2D eigenvalue weighted by molar-refractivity contribution is 6.06. The molecule has 9 nitrogen and oxygen atoms in total. The number of hydrogen-bond donors (Lipinski definition) is 1. The van der Waals surface area contributed by atoms with Crippen LogP contribution in [0.5, 0.6) is 0 Å². The molecule has 1 aliphatic heterocycles. The molecule has 0 aromatic carbocycles. The van der Waals surface area contributed by atoms with Crippen molar-refractivity contribution >= 4 is 22.8 Å². The van der Waals surface area contributed by atoms with E-state index >= 15 is 0 Å². The Kier molecular flexibility index (Phi) is 5.06. The Morgan fingerprint density at radius 3 is 2.72 bits per heavy atom. The van der Waals surface area contributed by atoms with Crippen LogP contribution in [0, 0.1) is 6.92 Å². The fourth-order valence-corrected chi connectivity index (χ4v) is 3.60. The van der Waals surface area contributed by atoms with E-state index in [0.717, 1.165) is 37.6 Å². The van der Waals surface area contributed by atoms with Crippen LogP contribution in [0.2, 0.25) is 0 Å². The second kappa shape index (κ2) is 7.67. The zero-order valence-electron chi connectivity index (χ0n) is 16.8. The molecular formula is C20H24N6O3. The lowest BCUT2D eigenvalue weighted by molar-refractivity contribution is 0.0951. The molecule has 3 aromatic heterocycles. The van der Waals surface area contributed by atoms with Crippen LogP contribution >= 0.6 is 0 Å². The summed E-state index contributed by atoms with van der Waals surface area (Å²) in [6.07, 6.45) is 3.15. The molecule has 0 saturated carbocycles. The van der Waals surface area contributed by atoms with E-state index in [2.05, 4.69) is 32.1 Å². The fraction of sp³-hybridized carbons (Fsp3) is 0.400. The molecule has 29 heavy (non-hydrogen) atoms. The van der Waals surface area contributed by atoms with Gasteiger partial charge in [-0.15, -0.1) is 0 Å². The number of nitrogens with zero attached hydrogens (tertiary/aromatic N) is 5. The molecule has 0 bridgehead atoms. The van der Waals surface area contributed by atoms with Crippen molar-refractivity contribution in [1.82, 2.24) is 24.8 Å². The molecule has 152 valence electrons. The summed E-state index contributed by atoms with van der Waals surface area (Å²) < 4.78 is 6.86. The summed E-state index contributed by atoms with van der Waals surface area (Å²) in [4.78, 5) is 38.6. The predicted molar refractivity (Wildman–Crippen MR) is 109 cm³/mol. The number of nitrogens with one attached hydrogen (secondary N) is 1. The van der Waals surface area contributed by atoms with E-state index in [1.54, 1.807) is 20.2 Å². The number of hydrogen-bond acceptors (Lipinski definition) is 7. The second-order valence-electron chi connectivity index (χ2n) is 7.33. The number of piperazine rings is 1. The van der Waals surface area contributed by atoms with Gasteiger partial charge in [0, 0.05) is 51.5 Å². The van der Waals surface area contributed by atoms with E-state index in [1.165, 1.54) is 10.9 Å². The molecule has 0 atom stereocenters. The first-order valence-electron chi connectivity index (χ1n) is 9.56. The Balaban J connectivity index is 1.57.